The molecule has 0 N–H and O–H groups in total. The van der Waals surface area contributed by atoms with E-state index in [1.807, 2.05) is 18.2 Å². The van der Waals surface area contributed by atoms with Crippen molar-refractivity contribution in [3.8, 4) is 10.6 Å². The minimum atomic E-state index is -0.253. The van der Waals surface area contributed by atoms with Crippen LogP contribution in [0.1, 0.15) is 5.82 Å². The van der Waals surface area contributed by atoms with Gasteiger partial charge >= 0.3 is 0 Å². The minimum Gasteiger partial charge on any atom is -0.207 e. The van der Waals surface area contributed by atoms with E-state index in [1.165, 1.54) is 28.4 Å². The second-order valence-electron chi connectivity index (χ2n) is 4.83. The maximum atomic E-state index is 13.0. The summed E-state index contributed by atoms with van der Waals surface area (Å²) in [5.41, 5.74) is 0.878. The Labute approximate surface area is 140 Å². The van der Waals surface area contributed by atoms with Crippen LogP contribution in [-0.2, 0) is 5.75 Å². The molecule has 0 saturated heterocycles. The van der Waals surface area contributed by atoms with Crippen LogP contribution in [-0.4, -0.2) is 19.8 Å². The van der Waals surface area contributed by atoms with Crippen LogP contribution in [0.5, 0.6) is 0 Å². The number of benzene rings is 2. The van der Waals surface area contributed by atoms with Crippen LogP contribution in [0.25, 0.3) is 15.5 Å². The van der Waals surface area contributed by atoms with E-state index >= 15 is 0 Å². The van der Waals surface area contributed by atoms with Crippen molar-refractivity contribution in [1.82, 2.24) is 19.8 Å². The van der Waals surface area contributed by atoms with Crippen molar-refractivity contribution >= 4 is 28.1 Å². The molecule has 0 atom stereocenters. The fourth-order valence-corrected chi connectivity index (χ4v) is 3.81. The van der Waals surface area contributed by atoms with E-state index in [0.29, 0.717) is 5.75 Å². The normalized spacial score (nSPS) is 11.2. The fraction of sp³-hybridized carbons (Fsp3) is 0.0625. The molecule has 0 radical (unpaired) electrons. The smallest absolute Gasteiger partial charge is 0.207 e. The summed E-state index contributed by atoms with van der Waals surface area (Å²) in [6.07, 6.45) is 0. The number of hydrogen-bond acceptors (Lipinski definition) is 5. The van der Waals surface area contributed by atoms with E-state index in [0.717, 1.165) is 21.4 Å². The van der Waals surface area contributed by atoms with Gasteiger partial charge in [0.1, 0.15) is 10.8 Å². The van der Waals surface area contributed by atoms with Crippen LogP contribution < -0.4 is 0 Å². The molecule has 7 heteroatoms. The first-order chi connectivity index (χ1) is 11.3. The second kappa shape index (κ2) is 6.10. The van der Waals surface area contributed by atoms with Gasteiger partial charge in [-0.25, -0.2) is 4.39 Å². The number of nitrogens with zero attached hydrogens (tertiary/aromatic N) is 4. The Bertz CT molecular complexity index is 932. The molecule has 0 amide bonds. The van der Waals surface area contributed by atoms with Crippen molar-refractivity contribution in [2.24, 2.45) is 0 Å². The predicted molar refractivity (Wildman–Crippen MR) is 90.1 cm³/mol. The summed E-state index contributed by atoms with van der Waals surface area (Å²) in [5.74, 6) is 1.24. The van der Waals surface area contributed by atoms with Gasteiger partial charge in [-0.3, -0.25) is 0 Å². The molecule has 4 rings (SSSR count). The van der Waals surface area contributed by atoms with Crippen LogP contribution in [0, 0.1) is 5.82 Å². The highest BCUT2D eigenvalue weighted by Gasteiger charge is 2.13. The second-order valence-corrected chi connectivity index (χ2v) is 6.83. The highest BCUT2D eigenvalue weighted by Crippen LogP contribution is 2.27. The largest absolute Gasteiger partial charge is 0.235 e. The zero-order valence-electron chi connectivity index (χ0n) is 11.9. The van der Waals surface area contributed by atoms with E-state index in [9.17, 15) is 4.39 Å². The molecule has 4 nitrogen and oxygen atoms in total. The number of aromatic nitrogens is 4. The van der Waals surface area contributed by atoms with Gasteiger partial charge in [0.25, 0.3) is 0 Å². The maximum Gasteiger partial charge on any atom is 0.235 e. The Morgan fingerprint density at radius 1 is 1.00 bits per heavy atom. The van der Waals surface area contributed by atoms with E-state index in [2.05, 4.69) is 27.4 Å². The first-order valence-electron chi connectivity index (χ1n) is 6.94. The third kappa shape index (κ3) is 2.97. The van der Waals surface area contributed by atoms with Gasteiger partial charge in [-0.1, -0.05) is 29.5 Å². The third-order valence-corrected chi connectivity index (χ3v) is 5.21. The molecule has 114 valence electrons. The topological polar surface area (TPSA) is 43.1 Å². The average molecular weight is 342 g/mol. The van der Waals surface area contributed by atoms with Crippen molar-refractivity contribution in [2.75, 3.05) is 0 Å². The van der Waals surface area contributed by atoms with Crippen molar-refractivity contribution in [1.29, 1.82) is 0 Å². The zero-order chi connectivity index (χ0) is 15.6. The molecule has 0 unspecified atom stereocenters. The predicted octanol–water partition coefficient (Wildman–Crippen LogP) is 4.28. The number of hydrogen-bond donors (Lipinski definition) is 0. The molecule has 0 aliphatic rings. The van der Waals surface area contributed by atoms with Crippen LogP contribution in [0.4, 0.5) is 4.39 Å². The van der Waals surface area contributed by atoms with Crippen LogP contribution in [0.15, 0.2) is 59.5 Å². The van der Waals surface area contributed by atoms with Gasteiger partial charge in [-0.05, 0) is 36.4 Å². The molecule has 2 heterocycles. The molecular weight excluding hydrogens is 331 g/mol. The molecule has 4 aromatic rings. The first kappa shape index (κ1) is 14.3. The summed E-state index contributed by atoms with van der Waals surface area (Å²) in [6, 6.07) is 16.5. The number of fused-ring (bicyclic) bond motifs is 1. The molecule has 0 saturated carbocycles. The maximum absolute atomic E-state index is 13.0. The van der Waals surface area contributed by atoms with E-state index in [1.54, 1.807) is 28.4 Å². The first-order valence-corrected chi connectivity index (χ1v) is 8.75. The summed E-state index contributed by atoms with van der Waals surface area (Å²) < 4.78 is 14.8. The minimum absolute atomic E-state index is 0.253. The van der Waals surface area contributed by atoms with Gasteiger partial charge in [-0.15, -0.1) is 22.0 Å². The lowest BCUT2D eigenvalue weighted by Gasteiger charge is -1.98. The molecule has 0 aliphatic heterocycles. The quantitative estimate of drug-likeness (QED) is 0.519. The summed E-state index contributed by atoms with van der Waals surface area (Å²) in [6.45, 7) is 0. The lowest BCUT2D eigenvalue weighted by Crippen LogP contribution is -1.94. The molecule has 2 aromatic heterocycles. The monoisotopic (exact) mass is 342 g/mol. The van der Waals surface area contributed by atoms with Gasteiger partial charge in [0.05, 0.1) is 5.75 Å². The Morgan fingerprint density at radius 3 is 2.57 bits per heavy atom. The Balaban J connectivity index is 1.60. The summed E-state index contributed by atoms with van der Waals surface area (Å²) in [5, 5.41) is 13.7. The standard InChI is InChI=1S/C16H11FN4S2/c17-12-8-6-11(7-9-12)15-20-21-14(18-19-16(21)23-15)10-22-13-4-2-1-3-5-13/h1-9H,10H2. The number of rotatable bonds is 4. The van der Waals surface area contributed by atoms with E-state index in [-0.39, 0.29) is 5.82 Å². The Kier molecular flexibility index (Phi) is 3.80. The highest BCUT2D eigenvalue weighted by molar-refractivity contribution is 7.98. The van der Waals surface area contributed by atoms with E-state index < -0.39 is 0 Å². The lowest BCUT2D eigenvalue weighted by atomic mass is 10.2. The molecule has 0 spiro atoms. The fourth-order valence-electron chi connectivity index (χ4n) is 2.12. The molecule has 23 heavy (non-hydrogen) atoms. The summed E-state index contributed by atoms with van der Waals surface area (Å²) >= 11 is 3.14. The number of thioether (sulfide) groups is 1. The van der Waals surface area contributed by atoms with Crippen molar-refractivity contribution in [2.45, 2.75) is 10.6 Å². The SMILES string of the molecule is Fc1ccc(-c2nn3c(CSc4ccccc4)nnc3s2)cc1. The van der Waals surface area contributed by atoms with Gasteiger partial charge in [0, 0.05) is 10.5 Å². The van der Waals surface area contributed by atoms with Crippen molar-refractivity contribution in [3.63, 3.8) is 0 Å². The molecular formula is C16H11FN4S2. The van der Waals surface area contributed by atoms with Crippen LogP contribution >= 0.6 is 23.1 Å². The highest BCUT2D eigenvalue weighted by atomic mass is 32.2. The van der Waals surface area contributed by atoms with Crippen molar-refractivity contribution in [3.05, 3.63) is 66.2 Å². The number of halogens is 1. The lowest BCUT2D eigenvalue weighted by molar-refractivity contribution is 0.628. The molecule has 0 fully saturated rings. The summed E-state index contributed by atoms with van der Waals surface area (Å²) in [4.78, 5) is 1.92. The van der Waals surface area contributed by atoms with E-state index in [4.69, 9.17) is 0 Å². The van der Waals surface area contributed by atoms with Crippen LogP contribution in [0.2, 0.25) is 0 Å². The van der Waals surface area contributed by atoms with Gasteiger partial charge < -0.3 is 0 Å². The van der Waals surface area contributed by atoms with Gasteiger partial charge in [0.2, 0.25) is 4.96 Å². The van der Waals surface area contributed by atoms with Gasteiger partial charge in [-0.2, -0.15) is 9.61 Å². The summed E-state index contributed by atoms with van der Waals surface area (Å²) in [7, 11) is 0. The third-order valence-electron chi connectivity index (χ3n) is 3.26. The van der Waals surface area contributed by atoms with Crippen molar-refractivity contribution < 1.29 is 4.39 Å². The van der Waals surface area contributed by atoms with Gasteiger partial charge in [0.15, 0.2) is 5.82 Å². The molecule has 0 aliphatic carbocycles. The Morgan fingerprint density at radius 2 is 1.78 bits per heavy atom. The van der Waals surface area contributed by atoms with Crippen LogP contribution in [0.3, 0.4) is 0 Å². The Hall–Kier alpha value is -2.25. The molecule has 0 bridgehead atoms. The molecule has 2 aromatic carbocycles. The average Bonchev–Trinajstić information content (AvgIpc) is 3.15. The zero-order valence-corrected chi connectivity index (χ0v) is 13.5.